The van der Waals surface area contributed by atoms with Crippen molar-refractivity contribution in [1.82, 2.24) is 15.5 Å². The molecule has 0 radical (unpaired) electrons. The predicted molar refractivity (Wildman–Crippen MR) is 114 cm³/mol. The molecule has 0 aliphatic heterocycles. The van der Waals surface area contributed by atoms with E-state index in [4.69, 9.17) is 0 Å². The molecular weight excluding hydrogens is 419 g/mol. The van der Waals surface area contributed by atoms with Gasteiger partial charge in [0.25, 0.3) is 0 Å². The van der Waals surface area contributed by atoms with Crippen LogP contribution in [0.15, 0.2) is 21.8 Å². The van der Waals surface area contributed by atoms with Gasteiger partial charge in [-0.05, 0) is 63.4 Å². The van der Waals surface area contributed by atoms with Crippen molar-refractivity contribution in [3.8, 4) is 0 Å². The van der Waals surface area contributed by atoms with Crippen molar-refractivity contribution in [2.45, 2.75) is 59.7 Å². The minimum Gasteiger partial charge on any atom is -0.357 e. The zero-order valence-electron chi connectivity index (χ0n) is 15.1. The predicted octanol–water partition coefficient (Wildman–Crippen LogP) is 3.93. The first-order valence-corrected chi connectivity index (χ1v) is 9.27. The maximum Gasteiger partial charge on any atom is 0.191 e. The number of guanidine groups is 1. The zero-order chi connectivity index (χ0) is 16.4. The third-order valence-electron chi connectivity index (χ3n) is 3.56. The first-order valence-electron chi connectivity index (χ1n) is 8.33. The lowest BCUT2D eigenvalue weighted by Crippen LogP contribution is -2.41. The van der Waals surface area contributed by atoms with Crippen LogP contribution in [0, 0.1) is 0 Å². The molecule has 0 amide bonds. The fourth-order valence-electron chi connectivity index (χ4n) is 2.48. The largest absolute Gasteiger partial charge is 0.357 e. The van der Waals surface area contributed by atoms with E-state index in [1.165, 1.54) is 5.56 Å². The Bertz CT molecular complexity index is 410. The Morgan fingerprint density at radius 1 is 1.22 bits per heavy atom. The molecule has 0 atom stereocenters. The molecule has 0 aliphatic carbocycles. The van der Waals surface area contributed by atoms with Gasteiger partial charge in [-0.2, -0.15) is 11.3 Å². The van der Waals surface area contributed by atoms with Gasteiger partial charge in [0.05, 0.1) is 6.54 Å². The minimum absolute atomic E-state index is 0. The van der Waals surface area contributed by atoms with Gasteiger partial charge >= 0.3 is 0 Å². The van der Waals surface area contributed by atoms with Crippen molar-refractivity contribution in [2.24, 2.45) is 4.99 Å². The van der Waals surface area contributed by atoms with E-state index >= 15 is 0 Å². The summed E-state index contributed by atoms with van der Waals surface area (Å²) in [5, 5.41) is 11.0. The molecule has 0 fully saturated rings. The van der Waals surface area contributed by atoms with Gasteiger partial charge < -0.3 is 10.6 Å². The van der Waals surface area contributed by atoms with E-state index in [0.29, 0.717) is 12.1 Å². The van der Waals surface area contributed by atoms with Crippen molar-refractivity contribution in [1.29, 1.82) is 0 Å². The molecule has 1 rings (SSSR count). The van der Waals surface area contributed by atoms with Gasteiger partial charge in [0.2, 0.25) is 0 Å². The molecule has 0 saturated carbocycles. The highest BCUT2D eigenvalue weighted by atomic mass is 127. The Hall–Kier alpha value is -0.340. The first kappa shape index (κ1) is 22.7. The van der Waals surface area contributed by atoms with Crippen LogP contribution in [0.3, 0.4) is 0 Å². The smallest absolute Gasteiger partial charge is 0.191 e. The second kappa shape index (κ2) is 13.0. The minimum atomic E-state index is 0. The molecule has 0 aromatic carbocycles. The molecule has 134 valence electrons. The lowest BCUT2D eigenvalue weighted by molar-refractivity contribution is 0.173. The zero-order valence-corrected chi connectivity index (χ0v) is 18.3. The summed E-state index contributed by atoms with van der Waals surface area (Å²) in [6.07, 6.45) is 1.12. The molecule has 0 spiro atoms. The summed E-state index contributed by atoms with van der Waals surface area (Å²) in [4.78, 5) is 7.16. The highest BCUT2D eigenvalue weighted by Crippen LogP contribution is 2.07. The van der Waals surface area contributed by atoms with E-state index < -0.39 is 0 Å². The maximum absolute atomic E-state index is 4.63. The number of hydrogen-bond donors (Lipinski definition) is 2. The van der Waals surface area contributed by atoms with Crippen LogP contribution < -0.4 is 10.6 Å². The number of nitrogens with zero attached hydrogens (tertiary/aromatic N) is 2. The van der Waals surface area contributed by atoms with Crippen molar-refractivity contribution >= 4 is 41.3 Å². The van der Waals surface area contributed by atoms with Crippen molar-refractivity contribution in [3.05, 3.63) is 22.4 Å². The Morgan fingerprint density at radius 3 is 2.43 bits per heavy atom. The summed E-state index contributed by atoms with van der Waals surface area (Å²) in [5.41, 5.74) is 1.27. The van der Waals surface area contributed by atoms with Crippen LogP contribution in [0.25, 0.3) is 0 Å². The van der Waals surface area contributed by atoms with Gasteiger partial charge in [-0.15, -0.1) is 24.0 Å². The Labute approximate surface area is 163 Å². The highest BCUT2D eigenvalue weighted by Gasteiger charge is 2.12. The summed E-state index contributed by atoms with van der Waals surface area (Å²) in [7, 11) is 0. The number of halogens is 1. The molecule has 0 bridgehead atoms. The molecule has 1 heterocycles. The number of hydrogen-bond acceptors (Lipinski definition) is 3. The van der Waals surface area contributed by atoms with E-state index in [1.807, 2.05) is 0 Å². The standard InChI is InChI=1S/C17H32N4S.HI/c1-6-18-17(20-12-16-8-11-22-13-16)19-9-7-10-21(14(2)3)15(4)5;/h8,11,13-15H,6-7,9-10,12H2,1-5H3,(H2,18,19,20);1H. The summed E-state index contributed by atoms with van der Waals surface area (Å²) < 4.78 is 0. The third kappa shape index (κ3) is 9.52. The summed E-state index contributed by atoms with van der Waals surface area (Å²) in [6.45, 7) is 14.8. The van der Waals surface area contributed by atoms with Gasteiger partial charge in [-0.1, -0.05) is 0 Å². The van der Waals surface area contributed by atoms with Crippen LogP contribution in [-0.4, -0.2) is 42.6 Å². The molecule has 6 heteroatoms. The van der Waals surface area contributed by atoms with E-state index in [1.54, 1.807) is 11.3 Å². The number of rotatable bonds is 9. The van der Waals surface area contributed by atoms with E-state index in [0.717, 1.165) is 38.6 Å². The van der Waals surface area contributed by atoms with Gasteiger partial charge in [0, 0.05) is 31.7 Å². The van der Waals surface area contributed by atoms with Gasteiger partial charge in [0.1, 0.15) is 0 Å². The van der Waals surface area contributed by atoms with Crippen LogP contribution in [0.5, 0.6) is 0 Å². The maximum atomic E-state index is 4.63. The summed E-state index contributed by atoms with van der Waals surface area (Å²) in [6, 6.07) is 3.32. The molecule has 0 aliphatic rings. The first-order chi connectivity index (χ1) is 10.5. The number of thiophene rings is 1. The molecule has 1 aromatic heterocycles. The summed E-state index contributed by atoms with van der Waals surface area (Å²) >= 11 is 1.72. The quantitative estimate of drug-likeness (QED) is 0.258. The van der Waals surface area contributed by atoms with Crippen molar-refractivity contribution in [3.63, 3.8) is 0 Å². The Balaban J connectivity index is 0.00000484. The van der Waals surface area contributed by atoms with Gasteiger partial charge in [0.15, 0.2) is 5.96 Å². The fourth-order valence-corrected chi connectivity index (χ4v) is 3.14. The van der Waals surface area contributed by atoms with E-state index in [9.17, 15) is 0 Å². The SMILES string of the molecule is CCNC(=NCc1ccsc1)NCCCN(C(C)C)C(C)C.I. The monoisotopic (exact) mass is 452 g/mol. The normalized spacial score (nSPS) is 11.9. The van der Waals surface area contributed by atoms with Crippen molar-refractivity contribution < 1.29 is 0 Å². The second-order valence-corrected chi connectivity index (χ2v) is 6.81. The lowest BCUT2D eigenvalue weighted by Gasteiger charge is -2.30. The molecule has 0 unspecified atom stereocenters. The van der Waals surface area contributed by atoms with Gasteiger partial charge in [-0.3, -0.25) is 4.90 Å². The molecule has 23 heavy (non-hydrogen) atoms. The molecule has 4 nitrogen and oxygen atoms in total. The van der Waals surface area contributed by atoms with Crippen LogP contribution in [0.2, 0.25) is 0 Å². The second-order valence-electron chi connectivity index (χ2n) is 6.03. The van der Waals surface area contributed by atoms with Crippen LogP contribution in [-0.2, 0) is 6.54 Å². The van der Waals surface area contributed by atoms with Crippen LogP contribution in [0.4, 0.5) is 0 Å². The van der Waals surface area contributed by atoms with Crippen molar-refractivity contribution in [2.75, 3.05) is 19.6 Å². The van der Waals surface area contributed by atoms with Gasteiger partial charge in [-0.25, -0.2) is 4.99 Å². The molecule has 1 aromatic rings. The average molecular weight is 452 g/mol. The number of aliphatic imine (C=N–C) groups is 1. The van der Waals surface area contributed by atoms with E-state index in [-0.39, 0.29) is 24.0 Å². The number of nitrogens with one attached hydrogen (secondary N) is 2. The topological polar surface area (TPSA) is 39.7 Å². The molecular formula is C17H33IN4S. The van der Waals surface area contributed by atoms with Crippen LogP contribution >= 0.6 is 35.3 Å². The Kier molecular flexibility index (Phi) is 12.8. The third-order valence-corrected chi connectivity index (χ3v) is 4.29. The highest BCUT2D eigenvalue weighted by molar-refractivity contribution is 14.0. The summed E-state index contributed by atoms with van der Waals surface area (Å²) in [5.74, 6) is 0.911. The fraction of sp³-hybridized carbons (Fsp3) is 0.706. The Morgan fingerprint density at radius 2 is 1.91 bits per heavy atom. The van der Waals surface area contributed by atoms with E-state index in [2.05, 4.69) is 72.0 Å². The lowest BCUT2D eigenvalue weighted by atomic mass is 10.2. The molecule has 0 saturated heterocycles. The average Bonchev–Trinajstić information content (AvgIpc) is 2.96. The molecule has 2 N–H and O–H groups in total. The van der Waals surface area contributed by atoms with Crippen LogP contribution in [0.1, 0.15) is 46.6 Å².